The Morgan fingerprint density at radius 2 is 0.480 bits per heavy atom. The molecule has 0 radical (unpaired) electrons. The van der Waals surface area contributed by atoms with Crippen molar-refractivity contribution in [2.75, 3.05) is 39.6 Å². The van der Waals surface area contributed by atoms with Crippen LogP contribution in [0.2, 0.25) is 0 Å². The molecule has 0 aromatic heterocycles. The van der Waals surface area contributed by atoms with E-state index in [2.05, 4.69) is 55.4 Å². The Balaban J connectivity index is 5.25. The zero-order chi connectivity index (χ0) is 73.8. The smallest absolute Gasteiger partial charge is 0.462 e. The monoisotopic (exact) mass is 1470 g/mol. The van der Waals surface area contributed by atoms with Crippen molar-refractivity contribution in [1.82, 2.24) is 0 Å². The maximum absolute atomic E-state index is 13.1. The van der Waals surface area contributed by atoms with E-state index in [0.717, 1.165) is 120 Å². The van der Waals surface area contributed by atoms with E-state index < -0.39 is 97.5 Å². The van der Waals surface area contributed by atoms with Gasteiger partial charge >= 0.3 is 39.5 Å². The molecular formula is C81H158O17P2. The van der Waals surface area contributed by atoms with Crippen molar-refractivity contribution in [2.24, 2.45) is 23.7 Å². The molecule has 0 aliphatic carbocycles. The van der Waals surface area contributed by atoms with Crippen molar-refractivity contribution >= 4 is 39.5 Å². The average Bonchev–Trinajstić information content (AvgIpc) is 0.952. The van der Waals surface area contributed by atoms with Gasteiger partial charge in [-0.3, -0.25) is 37.3 Å². The molecule has 100 heavy (non-hydrogen) atoms. The zero-order valence-electron chi connectivity index (χ0n) is 65.8. The molecule has 17 nitrogen and oxygen atoms in total. The minimum absolute atomic E-state index is 0.106. The Labute approximate surface area is 613 Å². The second-order valence-corrected chi connectivity index (χ2v) is 33.5. The molecule has 0 aromatic carbocycles. The van der Waals surface area contributed by atoms with Gasteiger partial charge in [-0.2, -0.15) is 0 Å². The van der Waals surface area contributed by atoms with E-state index in [1.165, 1.54) is 212 Å². The van der Waals surface area contributed by atoms with Gasteiger partial charge in [0.25, 0.3) is 0 Å². The molecule has 0 aliphatic heterocycles. The quantitative estimate of drug-likeness (QED) is 0.0222. The van der Waals surface area contributed by atoms with Crippen LogP contribution in [0, 0.1) is 23.7 Å². The van der Waals surface area contributed by atoms with Gasteiger partial charge in [-0.05, 0) is 49.4 Å². The summed E-state index contributed by atoms with van der Waals surface area (Å²) in [6.07, 6.45) is 56.8. The number of carbonyl (C=O) groups excluding carboxylic acids is 4. The molecule has 0 rings (SSSR count). The predicted molar refractivity (Wildman–Crippen MR) is 409 cm³/mol. The first kappa shape index (κ1) is 98.1. The number of phosphoric ester groups is 2. The van der Waals surface area contributed by atoms with Gasteiger partial charge in [-0.15, -0.1) is 0 Å². The van der Waals surface area contributed by atoms with Crippen LogP contribution in [-0.4, -0.2) is 96.7 Å². The third-order valence-corrected chi connectivity index (χ3v) is 21.4. The molecule has 0 saturated carbocycles. The van der Waals surface area contributed by atoms with Gasteiger partial charge < -0.3 is 33.8 Å². The lowest BCUT2D eigenvalue weighted by Crippen LogP contribution is -2.30. The molecule has 0 spiro atoms. The van der Waals surface area contributed by atoms with E-state index in [1.807, 2.05) is 0 Å². The van der Waals surface area contributed by atoms with E-state index in [9.17, 15) is 43.2 Å². The Kier molecular flexibility index (Phi) is 68.7. The van der Waals surface area contributed by atoms with Gasteiger partial charge in [0.2, 0.25) is 0 Å². The van der Waals surface area contributed by atoms with Crippen LogP contribution in [-0.2, 0) is 65.4 Å². The fourth-order valence-corrected chi connectivity index (χ4v) is 13.9. The second-order valence-electron chi connectivity index (χ2n) is 30.6. The van der Waals surface area contributed by atoms with Crippen LogP contribution in [0.1, 0.15) is 415 Å². The van der Waals surface area contributed by atoms with Gasteiger partial charge in [0.1, 0.15) is 19.3 Å². The van der Waals surface area contributed by atoms with E-state index >= 15 is 0 Å². The first-order valence-electron chi connectivity index (χ1n) is 41.8. The molecule has 0 bridgehead atoms. The SMILES string of the molecule is CCC(C)CCCCCCCCCCCCCCCCC(=O)O[C@H](COC(=O)CCCCCCCCC(C)CC)COP(=O)(O)OC[C@H](O)COP(=O)(O)OC[C@@H](COC(=O)CCCCCCCCCCCCCCC(C)C)OC(=O)CCCCCCCCCCCCCCCCC(C)C. The number of hydrogen-bond acceptors (Lipinski definition) is 15. The summed E-state index contributed by atoms with van der Waals surface area (Å²) in [6, 6.07) is 0. The summed E-state index contributed by atoms with van der Waals surface area (Å²) >= 11 is 0. The number of ether oxygens (including phenoxy) is 4. The third-order valence-electron chi connectivity index (χ3n) is 19.5. The fraction of sp³-hybridized carbons (Fsp3) is 0.951. The van der Waals surface area contributed by atoms with Crippen molar-refractivity contribution in [3.8, 4) is 0 Å². The number of carbonyl (C=O) groups is 4. The molecular weight excluding hydrogens is 1310 g/mol. The highest BCUT2D eigenvalue weighted by Gasteiger charge is 2.30. The molecule has 594 valence electrons. The molecule has 0 fully saturated rings. The summed E-state index contributed by atoms with van der Waals surface area (Å²) < 4.78 is 68.7. The highest BCUT2D eigenvalue weighted by molar-refractivity contribution is 7.47. The van der Waals surface area contributed by atoms with Crippen LogP contribution in [0.25, 0.3) is 0 Å². The lowest BCUT2D eigenvalue weighted by molar-refractivity contribution is -0.161. The molecule has 0 aliphatic rings. The number of aliphatic hydroxyl groups is 1. The summed E-state index contributed by atoms with van der Waals surface area (Å²) in [4.78, 5) is 73.0. The molecule has 3 N–H and O–H groups in total. The van der Waals surface area contributed by atoms with Gasteiger partial charge in [-0.25, -0.2) is 9.13 Å². The fourth-order valence-electron chi connectivity index (χ4n) is 12.4. The number of rotatable bonds is 78. The first-order valence-corrected chi connectivity index (χ1v) is 44.8. The summed E-state index contributed by atoms with van der Waals surface area (Å²) in [7, 11) is -9.92. The van der Waals surface area contributed by atoms with E-state index in [-0.39, 0.29) is 25.7 Å². The highest BCUT2D eigenvalue weighted by Crippen LogP contribution is 2.45. The molecule has 19 heteroatoms. The van der Waals surface area contributed by atoms with Crippen LogP contribution in [0.3, 0.4) is 0 Å². The summed E-state index contributed by atoms with van der Waals surface area (Å²) in [5, 5.41) is 10.6. The lowest BCUT2D eigenvalue weighted by Gasteiger charge is -2.21. The average molecular weight is 1470 g/mol. The van der Waals surface area contributed by atoms with Crippen LogP contribution in [0.15, 0.2) is 0 Å². The van der Waals surface area contributed by atoms with Crippen LogP contribution < -0.4 is 0 Å². The Hall–Kier alpha value is -1.94. The topological polar surface area (TPSA) is 237 Å². The predicted octanol–water partition coefficient (Wildman–Crippen LogP) is 24.0. The molecule has 0 heterocycles. The normalized spacial score (nSPS) is 14.6. The van der Waals surface area contributed by atoms with Crippen molar-refractivity contribution in [3.05, 3.63) is 0 Å². The van der Waals surface area contributed by atoms with Crippen molar-refractivity contribution < 1.29 is 80.2 Å². The maximum Gasteiger partial charge on any atom is 0.472 e. The first-order chi connectivity index (χ1) is 48.2. The molecule has 0 aromatic rings. The lowest BCUT2D eigenvalue weighted by atomic mass is 9.99. The van der Waals surface area contributed by atoms with E-state index in [1.54, 1.807) is 0 Å². The van der Waals surface area contributed by atoms with Crippen molar-refractivity contribution in [2.45, 2.75) is 433 Å². The van der Waals surface area contributed by atoms with Crippen LogP contribution >= 0.6 is 15.6 Å². The highest BCUT2D eigenvalue weighted by atomic mass is 31.2. The van der Waals surface area contributed by atoms with E-state index in [0.29, 0.717) is 25.7 Å². The van der Waals surface area contributed by atoms with Crippen molar-refractivity contribution in [1.29, 1.82) is 0 Å². The molecule has 7 atom stereocenters. The summed E-state index contributed by atoms with van der Waals surface area (Å²) in [6.45, 7) is 14.3. The maximum atomic E-state index is 13.1. The number of unbranched alkanes of at least 4 members (excludes halogenated alkanes) is 42. The minimum Gasteiger partial charge on any atom is -0.462 e. The van der Waals surface area contributed by atoms with Crippen molar-refractivity contribution in [3.63, 3.8) is 0 Å². The second kappa shape index (κ2) is 70.1. The van der Waals surface area contributed by atoms with Gasteiger partial charge in [-0.1, -0.05) is 364 Å². The van der Waals surface area contributed by atoms with Crippen LogP contribution in [0.5, 0.6) is 0 Å². The Morgan fingerprint density at radius 3 is 0.710 bits per heavy atom. The third kappa shape index (κ3) is 71.7. The van der Waals surface area contributed by atoms with E-state index in [4.69, 9.17) is 37.0 Å². The van der Waals surface area contributed by atoms with Gasteiger partial charge in [0.15, 0.2) is 12.2 Å². The minimum atomic E-state index is -4.96. The molecule has 0 saturated heterocycles. The number of esters is 4. The number of aliphatic hydroxyl groups excluding tert-OH is 1. The zero-order valence-corrected chi connectivity index (χ0v) is 67.6. The van der Waals surface area contributed by atoms with Crippen LogP contribution in [0.4, 0.5) is 0 Å². The van der Waals surface area contributed by atoms with Gasteiger partial charge in [0.05, 0.1) is 26.4 Å². The Morgan fingerprint density at radius 1 is 0.280 bits per heavy atom. The molecule has 0 amide bonds. The van der Waals surface area contributed by atoms with Gasteiger partial charge in [0, 0.05) is 25.7 Å². The number of phosphoric acid groups is 2. The standard InChI is InChI=1S/C81H158O17P2/c1-9-73(7)59-51-43-35-29-23-16-12-14-18-26-32-38-48-56-64-81(86)98-77(68-92-79(84)62-54-46-40-39-44-52-60-74(8)10-2)70-96-100(89,90)94-66-75(82)65-93-99(87,88)95-69-76(67-91-78(83)61-53-45-36-30-24-20-19-22-28-34-42-50-58-72(5)6)97-80(85)63-55-47-37-31-25-17-13-11-15-21-27-33-41-49-57-71(3)4/h71-77,82H,9-70H2,1-8H3,(H,87,88)(H,89,90)/t73?,74?,75-,76-,77-/m1/s1. The Bertz CT molecular complexity index is 1960. The number of hydrogen-bond donors (Lipinski definition) is 3. The summed E-state index contributed by atoms with van der Waals surface area (Å²) in [5.41, 5.74) is 0. The summed E-state index contributed by atoms with van der Waals surface area (Å²) in [5.74, 6) is 1.04. The largest absolute Gasteiger partial charge is 0.472 e. The molecule has 4 unspecified atom stereocenters.